The highest BCUT2D eigenvalue weighted by Gasteiger charge is 2.23. The van der Waals surface area contributed by atoms with Crippen molar-refractivity contribution in [1.82, 2.24) is 20.2 Å². The molecule has 0 saturated carbocycles. The lowest BCUT2D eigenvalue weighted by molar-refractivity contribution is -0.126. The Morgan fingerprint density at radius 1 is 1.00 bits per heavy atom. The number of nitrogens with zero attached hydrogens (tertiary/aromatic N) is 3. The van der Waals surface area contributed by atoms with E-state index in [4.69, 9.17) is 0 Å². The minimum atomic E-state index is -1.35. The fourth-order valence-electron chi connectivity index (χ4n) is 3.59. The second-order valence-electron chi connectivity index (χ2n) is 8.24. The van der Waals surface area contributed by atoms with E-state index in [2.05, 4.69) is 49.6 Å². The second kappa shape index (κ2) is 12.5. The van der Waals surface area contributed by atoms with Crippen molar-refractivity contribution in [2.24, 2.45) is 10.2 Å². The number of carbonyl (C=O) groups is 3. The quantitative estimate of drug-likeness (QED) is 0.174. The normalized spacial score (nSPS) is 12.2. The Morgan fingerprint density at radius 2 is 1.69 bits per heavy atom. The number of hydrogen-bond donors (Lipinski definition) is 4. The summed E-state index contributed by atoms with van der Waals surface area (Å²) in [4.78, 5) is 55.9. The number of nitrogens with one attached hydrogen (secondary N) is 4. The molecule has 0 saturated heterocycles. The van der Waals surface area contributed by atoms with Crippen molar-refractivity contribution in [2.45, 2.75) is 33.2 Å². The van der Waals surface area contributed by atoms with Crippen LogP contribution in [0.4, 0.5) is 11.4 Å². The van der Waals surface area contributed by atoms with Gasteiger partial charge in [0.15, 0.2) is 5.78 Å². The van der Waals surface area contributed by atoms with Crippen molar-refractivity contribution < 1.29 is 14.4 Å². The second-order valence-corrected chi connectivity index (χ2v) is 8.24. The number of hydrogen-bond acceptors (Lipinski definition) is 7. The highest BCUT2D eigenvalue weighted by atomic mass is 16.2. The summed E-state index contributed by atoms with van der Waals surface area (Å²) in [5.41, 5.74) is 2.04. The summed E-state index contributed by atoms with van der Waals surface area (Å²) in [6.45, 7) is 8.95. The molecule has 11 nitrogen and oxygen atoms in total. The lowest BCUT2D eigenvalue weighted by Crippen LogP contribution is -2.31. The van der Waals surface area contributed by atoms with Gasteiger partial charge in [-0.1, -0.05) is 13.8 Å². The van der Waals surface area contributed by atoms with Gasteiger partial charge in [0.25, 0.3) is 11.8 Å². The third-order valence-electron chi connectivity index (χ3n) is 5.67. The molecule has 1 unspecified atom stereocenters. The number of H-pyrrole nitrogens is 2. The number of carbonyl (C=O) groups excluding carboxylic acids is 3. The molecule has 36 heavy (non-hydrogen) atoms. The predicted octanol–water partition coefficient (Wildman–Crippen LogP) is 3.00. The van der Waals surface area contributed by atoms with E-state index < -0.39 is 17.7 Å². The van der Waals surface area contributed by atoms with Crippen molar-refractivity contribution >= 4 is 40.0 Å². The topological polar surface area (TPSA) is 152 Å². The van der Waals surface area contributed by atoms with E-state index in [1.165, 1.54) is 6.92 Å². The molecule has 1 heterocycles. The first-order valence-electron chi connectivity index (χ1n) is 11.9. The van der Waals surface area contributed by atoms with Gasteiger partial charge in [-0.3, -0.25) is 14.4 Å². The molecule has 0 spiro atoms. The number of azo groups is 1. The van der Waals surface area contributed by atoms with Crippen molar-refractivity contribution in [3.8, 4) is 0 Å². The van der Waals surface area contributed by atoms with Crippen LogP contribution < -0.4 is 16.3 Å². The standard InChI is InChI=1S/C25H31N7O4/c1-4-32(5-2)14-6-13-26-23(34)17-7-9-18(10-8-17)30-31-22(16(3)33)24(35)27-19-11-12-20-21(15-19)29-25(36)28-20/h7-12,15,22H,4-6,13-14H2,1-3H3,(H,26,34)(H,27,35)(H2,28,29,36)/b31-30+. The van der Waals surface area contributed by atoms with E-state index >= 15 is 0 Å². The van der Waals surface area contributed by atoms with Crippen LogP contribution in [0.2, 0.25) is 0 Å². The van der Waals surface area contributed by atoms with E-state index in [1.807, 2.05) is 0 Å². The van der Waals surface area contributed by atoms with Crippen LogP contribution in [0.15, 0.2) is 57.5 Å². The molecule has 0 bridgehead atoms. The van der Waals surface area contributed by atoms with Crippen LogP contribution in [0.3, 0.4) is 0 Å². The maximum Gasteiger partial charge on any atom is 0.323 e. The van der Waals surface area contributed by atoms with Crippen molar-refractivity contribution in [2.75, 3.05) is 31.5 Å². The average Bonchev–Trinajstić information content (AvgIpc) is 3.23. The fourth-order valence-corrected chi connectivity index (χ4v) is 3.59. The zero-order chi connectivity index (χ0) is 26.1. The number of benzene rings is 2. The first-order valence-corrected chi connectivity index (χ1v) is 11.9. The van der Waals surface area contributed by atoms with Crippen LogP contribution in [0.25, 0.3) is 11.0 Å². The number of rotatable bonds is 12. The lowest BCUT2D eigenvalue weighted by atomic mass is 10.2. The molecule has 0 aliphatic rings. The number of ketones is 1. The minimum absolute atomic E-state index is 0.181. The van der Waals surface area contributed by atoms with Gasteiger partial charge >= 0.3 is 5.69 Å². The molecule has 1 atom stereocenters. The number of aromatic amines is 2. The predicted molar refractivity (Wildman–Crippen MR) is 138 cm³/mol. The molecular formula is C25H31N7O4. The molecule has 0 aliphatic carbocycles. The molecule has 1 aromatic heterocycles. The molecule has 0 aliphatic heterocycles. The molecule has 2 aromatic carbocycles. The molecule has 4 N–H and O–H groups in total. The molecular weight excluding hydrogens is 462 g/mol. The van der Waals surface area contributed by atoms with Crippen LogP contribution in [0.5, 0.6) is 0 Å². The van der Waals surface area contributed by atoms with Gasteiger partial charge in [-0.25, -0.2) is 4.79 Å². The average molecular weight is 494 g/mol. The highest BCUT2D eigenvalue weighted by Crippen LogP contribution is 2.17. The third-order valence-corrected chi connectivity index (χ3v) is 5.67. The Hall–Kier alpha value is -4.12. The monoisotopic (exact) mass is 493 g/mol. The van der Waals surface area contributed by atoms with Crippen LogP contribution >= 0.6 is 0 Å². The Morgan fingerprint density at radius 3 is 2.36 bits per heavy atom. The largest absolute Gasteiger partial charge is 0.352 e. The Balaban J connectivity index is 1.57. The maximum absolute atomic E-state index is 12.6. The smallest absolute Gasteiger partial charge is 0.323 e. The van der Waals surface area contributed by atoms with Crippen LogP contribution in [0.1, 0.15) is 37.6 Å². The maximum atomic E-state index is 12.6. The van der Waals surface area contributed by atoms with E-state index in [1.54, 1.807) is 42.5 Å². The fraction of sp³-hybridized carbons (Fsp3) is 0.360. The van der Waals surface area contributed by atoms with E-state index in [0.29, 0.717) is 34.5 Å². The van der Waals surface area contributed by atoms with Crippen LogP contribution in [0, 0.1) is 0 Å². The third kappa shape index (κ3) is 7.19. The molecule has 0 fully saturated rings. The van der Waals surface area contributed by atoms with E-state index in [9.17, 15) is 19.2 Å². The summed E-state index contributed by atoms with van der Waals surface area (Å²) in [6, 6.07) is 9.89. The SMILES string of the molecule is CCN(CC)CCCNC(=O)c1ccc(/N=N/C(C(C)=O)C(=O)Nc2ccc3[nH]c(=O)[nH]c3c2)cc1. The molecule has 190 valence electrons. The number of Topliss-reactive ketones (excluding diaryl/α,β-unsaturated/α-hetero) is 1. The number of amides is 2. The van der Waals surface area contributed by atoms with Gasteiger partial charge in [0, 0.05) is 17.8 Å². The summed E-state index contributed by atoms with van der Waals surface area (Å²) in [6.07, 6.45) is 0.866. The summed E-state index contributed by atoms with van der Waals surface area (Å²) in [5.74, 6) is -1.31. The number of imidazole rings is 1. The Bertz CT molecular complexity index is 1290. The first kappa shape index (κ1) is 26.5. The highest BCUT2D eigenvalue weighted by molar-refractivity contribution is 6.10. The van der Waals surface area contributed by atoms with Gasteiger partial charge in [0.2, 0.25) is 6.04 Å². The van der Waals surface area contributed by atoms with Gasteiger partial charge in [-0.15, -0.1) is 0 Å². The van der Waals surface area contributed by atoms with Gasteiger partial charge < -0.3 is 25.5 Å². The van der Waals surface area contributed by atoms with E-state index in [0.717, 1.165) is 26.1 Å². The minimum Gasteiger partial charge on any atom is -0.352 e. The lowest BCUT2D eigenvalue weighted by Gasteiger charge is -2.17. The zero-order valence-corrected chi connectivity index (χ0v) is 20.6. The summed E-state index contributed by atoms with van der Waals surface area (Å²) in [5, 5.41) is 13.4. The Kier molecular flexibility index (Phi) is 9.23. The van der Waals surface area contributed by atoms with Gasteiger partial charge in [0.05, 0.1) is 16.7 Å². The molecule has 3 aromatic rings. The van der Waals surface area contributed by atoms with Crippen LogP contribution in [-0.4, -0.2) is 64.7 Å². The molecule has 11 heteroatoms. The summed E-state index contributed by atoms with van der Waals surface area (Å²) >= 11 is 0. The van der Waals surface area contributed by atoms with Gasteiger partial charge in [0.1, 0.15) is 0 Å². The van der Waals surface area contributed by atoms with Crippen molar-refractivity contribution in [3.05, 3.63) is 58.5 Å². The van der Waals surface area contributed by atoms with Crippen LogP contribution in [-0.2, 0) is 9.59 Å². The van der Waals surface area contributed by atoms with E-state index in [-0.39, 0.29) is 11.6 Å². The number of fused-ring (bicyclic) bond motifs is 1. The summed E-state index contributed by atoms with van der Waals surface area (Å²) in [7, 11) is 0. The van der Waals surface area contributed by atoms with Crippen molar-refractivity contribution in [1.29, 1.82) is 0 Å². The van der Waals surface area contributed by atoms with Gasteiger partial charge in [-0.2, -0.15) is 10.2 Å². The number of aromatic nitrogens is 2. The first-order chi connectivity index (χ1) is 17.3. The summed E-state index contributed by atoms with van der Waals surface area (Å²) < 4.78 is 0. The Labute approximate surface area is 208 Å². The van der Waals surface area contributed by atoms with Gasteiger partial charge in [-0.05, 0) is 75.4 Å². The molecule has 2 amide bonds. The van der Waals surface area contributed by atoms with Crippen molar-refractivity contribution in [3.63, 3.8) is 0 Å². The zero-order valence-electron chi connectivity index (χ0n) is 20.6. The molecule has 3 rings (SSSR count). The number of anilines is 1. The molecule has 0 radical (unpaired) electrons.